The zero-order chi connectivity index (χ0) is 22.0. The smallest absolute Gasteiger partial charge is 0.295 e. The van der Waals surface area contributed by atoms with E-state index < -0.39 is 5.91 Å². The summed E-state index contributed by atoms with van der Waals surface area (Å²) in [6.45, 7) is 1.92. The van der Waals surface area contributed by atoms with E-state index in [0.717, 1.165) is 35.7 Å². The molecule has 1 fully saturated rings. The number of amides is 2. The topological polar surface area (TPSA) is 107 Å². The Kier molecular flexibility index (Phi) is 6.18. The Morgan fingerprint density at radius 3 is 2.55 bits per heavy atom. The number of hydrogen-bond acceptors (Lipinski definition) is 4. The van der Waals surface area contributed by atoms with E-state index in [1.165, 1.54) is 6.42 Å². The Hall–Kier alpha value is -3.00. The van der Waals surface area contributed by atoms with Crippen LogP contribution in [0, 0.1) is 12.8 Å². The number of aryl methyl sites for hydroxylation is 1. The first kappa shape index (κ1) is 21.2. The molecule has 4 rings (SSSR count). The summed E-state index contributed by atoms with van der Waals surface area (Å²) < 4.78 is 0.900. The third-order valence-electron chi connectivity index (χ3n) is 5.65. The Bertz CT molecular complexity index is 1160. The highest BCUT2D eigenvalue weighted by molar-refractivity contribution is 9.10. The second-order valence-corrected chi connectivity index (χ2v) is 8.73. The van der Waals surface area contributed by atoms with Crippen molar-refractivity contribution in [1.29, 1.82) is 0 Å². The van der Waals surface area contributed by atoms with Gasteiger partial charge in [-0.3, -0.25) is 9.59 Å². The molecule has 160 valence electrons. The maximum Gasteiger partial charge on any atom is 0.295 e. The van der Waals surface area contributed by atoms with Gasteiger partial charge in [-0.15, -0.1) is 10.2 Å². The first-order valence-corrected chi connectivity index (χ1v) is 11.1. The van der Waals surface area contributed by atoms with Crippen LogP contribution in [0.1, 0.15) is 48.0 Å². The lowest BCUT2D eigenvalue weighted by Gasteiger charge is -2.20. The summed E-state index contributed by atoms with van der Waals surface area (Å²) in [7, 11) is 0. The summed E-state index contributed by atoms with van der Waals surface area (Å²) in [5.41, 5.74) is 2.88. The number of anilines is 1. The van der Waals surface area contributed by atoms with Gasteiger partial charge in [0.05, 0.1) is 5.52 Å². The quantitative estimate of drug-likeness (QED) is 0.375. The first-order chi connectivity index (χ1) is 14.9. The number of aromatic amines is 1. The summed E-state index contributed by atoms with van der Waals surface area (Å²) in [4.78, 5) is 27.6. The number of halogens is 1. The molecule has 0 radical (unpaired) electrons. The minimum atomic E-state index is -0.534. The largest absolute Gasteiger partial charge is 0.493 e. The average molecular weight is 483 g/mol. The van der Waals surface area contributed by atoms with Crippen LogP contribution in [0.3, 0.4) is 0 Å². The number of benzene rings is 2. The molecule has 3 aromatic rings. The maximum absolute atomic E-state index is 12.4. The normalized spacial score (nSPS) is 14.9. The van der Waals surface area contributed by atoms with Crippen molar-refractivity contribution in [1.82, 2.24) is 4.98 Å². The van der Waals surface area contributed by atoms with Gasteiger partial charge >= 0.3 is 0 Å². The van der Waals surface area contributed by atoms with Gasteiger partial charge in [0, 0.05) is 27.0 Å². The molecule has 31 heavy (non-hydrogen) atoms. The van der Waals surface area contributed by atoms with E-state index in [0.29, 0.717) is 22.2 Å². The fraction of sp³-hybridized carbons (Fsp3) is 0.304. The number of fused-ring (bicyclic) bond motifs is 1. The summed E-state index contributed by atoms with van der Waals surface area (Å²) in [6.07, 6.45) is 5.25. The number of rotatable bonds is 4. The van der Waals surface area contributed by atoms with Crippen LogP contribution in [-0.2, 0) is 4.79 Å². The number of nitrogens with zero attached hydrogens (tertiary/aromatic N) is 2. The predicted molar refractivity (Wildman–Crippen MR) is 123 cm³/mol. The Labute approximate surface area is 188 Å². The van der Waals surface area contributed by atoms with E-state index in [4.69, 9.17) is 0 Å². The molecule has 1 aliphatic rings. The second-order valence-electron chi connectivity index (χ2n) is 7.88. The highest BCUT2D eigenvalue weighted by atomic mass is 79.9. The molecular formula is C23H23BrN4O3. The molecular weight excluding hydrogens is 460 g/mol. The molecule has 0 aliphatic heterocycles. The third kappa shape index (κ3) is 4.69. The van der Waals surface area contributed by atoms with Gasteiger partial charge < -0.3 is 15.4 Å². The van der Waals surface area contributed by atoms with E-state index in [1.54, 1.807) is 24.3 Å². The maximum atomic E-state index is 12.4. The van der Waals surface area contributed by atoms with Gasteiger partial charge in [-0.05, 0) is 61.7 Å². The predicted octanol–water partition coefficient (Wildman–Crippen LogP) is 6.39. The molecule has 1 heterocycles. The van der Waals surface area contributed by atoms with Crippen molar-refractivity contribution in [2.45, 2.75) is 39.0 Å². The van der Waals surface area contributed by atoms with Crippen LogP contribution in [0.25, 0.3) is 10.9 Å². The number of carbonyl (C=O) groups excluding carboxylic acids is 2. The second kappa shape index (κ2) is 9.01. The number of azo groups is 1. The van der Waals surface area contributed by atoms with Gasteiger partial charge in [0.1, 0.15) is 0 Å². The molecule has 0 spiro atoms. The summed E-state index contributed by atoms with van der Waals surface area (Å²) in [6, 6.07) is 10.3. The third-order valence-corrected chi connectivity index (χ3v) is 6.50. The van der Waals surface area contributed by atoms with E-state index in [1.807, 2.05) is 19.1 Å². The van der Waals surface area contributed by atoms with Crippen molar-refractivity contribution in [3.63, 3.8) is 0 Å². The van der Waals surface area contributed by atoms with Crippen LogP contribution in [0.4, 0.5) is 11.4 Å². The average Bonchev–Trinajstić information content (AvgIpc) is 3.07. The van der Waals surface area contributed by atoms with Gasteiger partial charge in [0.25, 0.3) is 5.91 Å². The summed E-state index contributed by atoms with van der Waals surface area (Å²) in [5, 5.41) is 21.5. The molecule has 0 saturated heterocycles. The van der Waals surface area contributed by atoms with Gasteiger partial charge in [-0.25, -0.2) is 0 Å². The van der Waals surface area contributed by atoms with Crippen LogP contribution in [-0.4, -0.2) is 21.9 Å². The van der Waals surface area contributed by atoms with Crippen LogP contribution < -0.4 is 5.32 Å². The zero-order valence-corrected chi connectivity index (χ0v) is 18.7. The van der Waals surface area contributed by atoms with Gasteiger partial charge in [-0.1, -0.05) is 35.2 Å². The van der Waals surface area contributed by atoms with E-state index in [2.05, 4.69) is 36.5 Å². The number of H-pyrrole nitrogens is 1. The lowest BCUT2D eigenvalue weighted by molar-refractivity contribution is -0.120. The van der Waals surface area contributed by atoms with Crippen LogP contribution in [0.15, 0.2) is 51.1 Å². The summed E-state index contributed by atoms with van der Waals surface area (Å²) in [5.74, 6) is -0.579. The standard InChI is InChI=1S/C23H23BrN4O3/c1-13-11-17-19(12-18(13)24)26-23(31)20(17)27-28-22(30)15-7-9-16(10-8-15)25-21(29)14-5-3-2-4-6-14/h7-12,14,26,31H,2-6H2,1H3,(H,25,29). The molecule has 0 atom stereocenters. The zero-order valence-electron chi connectivity index (χ0n) is 17.1. The minimum absolute atomic E-state index is 0.0372. The number of aromatic hydroxyl groups is 1. The molecule has 1 saturated carbocycles. The van der Waals surface area contributed by atoms with Gasteiger partial charge in [0.15, 0.2) is 5.69 Å². The molecule has 1 aromatic heterocycles. The Morgan fingerprint density at radius 2 is 1.84 bits per heavy atom. The molecule has 0 unspecified atom stereocenters. The van der Waals surface area contributed by atoms with Gasteiger partial charge in [0.2, 0.25) is 11.8 Å². The first-order valence-electron chi connectivity index (χ1n) is 10.3. The fourth-order valence-corrected chi connectivity index (χ4v) is 4.20. The molecule has 2 aromatic carbocycles. The fourth-order valence-electron chi connectivity index (χ4n) is 3.85. The van der Waals surface area contributed by atoms with Crippen LogP contribution >= 0.6 is 15.9 Å². The van der Waals surface area contributed by atoms with E-state index >= 15 is 0 Å². The Morgan fingerprint density at radius 1 is 1.13 bits per heavy atom. The molecule has 2 amide bonds. The molecule has 1 aliphatic carbocycles. The molecule has 8 heteroatoms. The highest BCUT2D eigenvalue weighted by Crippen LogP contribution is 2.38. The summed E-state index contributed by atoms with van der Waals surface area (Å²) >= 11 is 3.45. The van der Waals surface area contributed by atoms with Crippen molar-refractivity contribution in [3.8, 4) is 5.88 Å². The lowest BCUT2D eigenvalue weighted by atomic mass is 9.88. The van der Waals surface area contributed by atoms with Crippen LogP contribution in [0.2, 0.25) is 0 Å². The van der Waals surface area contributed by atoms with Crippen LogP contribution in [0.5, 0.6) is 5.88 Å². The number of carbonyl (C=O) groups is 2. The van der Waals surface area contributed by atoms with E-state index in [9.17, 15) is 14.7 Å². The number of nitrogens with one attached hydrogen (secondary N) is 2. The van der Waals surface area contributed by atoms with Gasteiger partial charge in [-0.2, -0.15) is 0 Å². The molecule has 7 nitrogen and oxygen atoms in total. The van der Waals surface area contributed by atoms with Crippen molar-refractivity contribution in [2.75, 3.05) is 5.32 Å². The van der Waals surface area contributed by atoms with Crippen molar-refractivity contribution >= 4 is 50.0 Å². The Balaban J connectivity index is 1.46. The monoisotopic (exact) mass is 482 g/mol. The lowest BCUT2D eigenvalue weighted by Crippen LogP contribution is -2.24. The van der Waals surface area contributed by atoms with Crippen molar-refractivity contribution in [3.05, 3.63) is 52.0 Å². The number of hydrogen-bond donors (Lipinski definition) is 3. The van der Waals surface area contributed by atoms with Crippen molar-refractivity contribution in [2.24, 2.45) is 16.1 Å². The van der Waals surface area contributed by atoms with Crippen molar-refractivity contribution < 1.29 is 14.7 Å². The minimum Gasteiger partial charge on any atom is -0.493 e. The SMILES string of the molecule is Cc1cc2c(N=NC(=O)c3ccc(NC(=O)C4CCCCC4)cc3)c(O)[nH]c2cc1Br. The molecule has 3 N–H and O–H groups in total. The number of aromatic nitrogens is 1. The highest BCUT2D eigenvalue weighted by Gasteiger charge is 2.21. The molecule has 0 bridgehead atoms. The van der Waals surface area contributed by atoms with E-state index in [-0.39, 0.29) is 23.4 Å².